The van der Waals surface area contributed by atoms with Crippen molar-refractivity contribution in [2.24, 2.45) is 0 Å². The quantitative estimate of drug-likeness (QED) is 0.360. The standard InChI is InChI=1S/C24H20FN3O4S2/c1-15-26-22(16-6-4-3-5-7-16)23(33-15)24(29)27-18-10-13-21(32-2)20(14-18)28-34(30,31)19-11-8-17(25)9-12-19/h3-14,28H,1-2H3,(H,27,29). The number of sulfonamides is 1. The maximum atomic E-state index is 13.2. The van der Waals surface area contributed by atoms with Gasteiger partial charge in [-0.1, -0.05) is 30.3 Å². The molecule has 0 aliphatic rings. The lowest BCUT2D eigenvalue weighted by Gasteiger charge is -2.14. The van der Waals surface area contributed by atoms with E-state index in [1.54, 1.807) is 6.07 Å². The highest BCUT2D eigenvalue weighted by atomic mass is 32.2. The molecule has 34 heavy (non-hydrogen) atoms. The molecule has 4 rings (SSSR count). The predicted molar refractivity (Wildman–Crippen MR) is 130 cm³/mol. The number of aryl methyl sites for hydroxylation is 1. The van der Waals surface area contributed by atoms with Gasteiger partial charge < -0.3 is 10.1 Å². The summed E-state index contributed by atoms with van der Waals surface area (Å²) in [5.74, 6) is -0.668. The van der Waals surface area contributed by atoms with Gasteiger partial charge >= 0.3 is 0 Å². The van der Waals surface area contributed by atoms with E-state index in [9.17, 15) is 17.6 Å². The SMILES string of the molecule is COc1ccc(NC(=O)c2sc(C)nc2-c2ccccc2)cc1NS(=O)(=O)c1ccc(F)cc1. The van der Waals surface area contributed by atoms with Crippen LogP contribution in [0.1, 0.15) is 14.7 Å². The third-order valence-electron chi connectivity index (χ3n) is 4.81. The van der Waals surface area contributed by atoms with Gasteiger partial charge in [0.05, 0.1) is 28.4 Å². The molecular formula is C24H20FN3O4S2. The summed E-state index contributed by atoms with van der Waals surface area (Å²) in [6, 6.07) is 18.4. The van der Waals surface area contributed by atoms with E-state index >= 15 is 0 Å². The first-order valence-corrected chi connectivity index (χ1v) is 12.4. The van der Waals surface area contributed by atoms with Gasteiger partial charge in [-0.15, -0.1) is 11.3 Å². The van der Waals surface area contributed by atoms with Gasteiger partial charge in [0.25, 0.3) is 15.9 Å². The van der Waals surface area contributed by atoms with Crippen molar-refractivity contribution in [3.05, 3.63) is 88.5 Å². The molecule has 0 saturated heterocycles. The van der Waals surface area contributed by atoms with E-state index in [1.807, 2.05) is 37.3 Å². The summed E-state index contributed by atoms with van der Waals surface area (Å²) in [6.45, 7) is 1.82. The number of hydrogen-bond donors (Lipinski definition) is 2. The number of nitrogens with one attached hydrogen (secondary N) is 2. The summed E-state index contributed by atoms with van der Waals surface area (Å²) in [5.41, 5.74) is 1.87. The number of anilines is 2. The van der Waals surface area contributed by atoms with E-state index in [2.05, 4.69) is 15.0 Å². The van der Waals surface area contributed by atoms with Crippen LogP contribution in [0.2, 0.25) is 0 Å². The number of aromatic nitrogens is 1. The van der Waals surface area contributed by atoms with Crippen molar-refractivity contribution >= 4 is 38.6 Å². The number of amides is 1. The van der Waals surface area contributed by atoms with Gasteiger partial charge in [0.2, 0.25) is 0 Å². The van der Waals surface area contributed by atoms with Crippen LogP contribution in [-0.4, -0.2) is 26.4 Å². The molecule has 0 fully saturated rings. The fourth-order valence-electron chi connectivity index (χ4n) is 3.24. The fourth-order valence-corrected chi connectivity index (χ4v) is 5.14. The second-order valence-electron chi connectivity index (χ2n) is 7.21. The van der Waals surface area contributed by atoms with Gasteiger partial charge in [-0.2, -0.15) is 0 Å². The Morgan fingerprint density at radius 1 is 1.03 bits per heavy atom. The summed E-state index contributed by atoms with van der Waals surface area (Å²) in [4.78, 5) is 17.9. The fraction of sp³-hybridized carbons (Fsp3) is 0.0833. The number of halogens is 1. The molecule has 0 atom stereocenters. The van der Waals surface area contributed by atoms with Crippen LogP contribution in [-0.2, 0) is 10.0 Å². The Labute approximate surface area is 200 Å². The van der Waals surface area contributed by atoms with E-state index in [0.717, 1.165) is 34.8 Å². The smallest absolute Gasteiger partial charge is 0.268 e. The summed E-state index contributed by atoms with van der Waals surface area (Å²) < 4.78 is 46.4. The lowest BCUT2D eigenvalue weighted by Crippen LogP contribution is -2.15. The molecule has 3 aromatic carbocycles. The van der Waals surface area contributed by atoms with E-state index in [0.29, 0.717) is 16.3 Å². The number of carbonyl (C=O) groups excluding carboxylic acids is 1. The molecule has 0 aliphatic heterocycles. The summed E-state index contributed by atoms with van der Waals surface area (Å²) in [5, 5.41) is 3.54. The minimum absolute atomic E-state index is 0.113. The zero-order valence-electron chi connectivity index (χ0n) is 18.2. The third kappa shape index (κ3) is 5.08. The Morgan fingerprint density at radius 3 is 2.41 bits per heavy atom. The number of carbonyl (C=O) groups is 1. The summed E-state index contributed by atoms with van der Waals surface area (Å²) in [7, 11) is -2.62. The Morgan fingerprint density at radius 2 is 1.74 bits per heavy atom. The number of nitrogens with zero attached hydrogens (tertiary/aromatic N) is 1. The topological polar surface area (TPSA) is 97.4 Å². The van der Waals surface area contributed by atoms with Crippen molar-refractivity contribution in [3.63, 3.8) is 0 Å². The van der Waals surface area contributed by atoms with Crippen LogP contribution in [0.25, 0.3) is 11.3 Å². The molecule has 0 saturated carbocycles. The molecular weight excluding hydrogens is 477 g/mol. The van der Waals surface area contributed by atoms with Crippen LogP contribution in [0, 0.1) is 12.7 Å². The largest absolute Gasteiger partial charge is 0.495 e. The number of methoxy groups -OCH3 is 1. The monoisotopic (exact) mass is 497 g/mol. The molecule has 0 spiro atoms. The molecule has 0 radical (unpaired) electrons. The van der Waals surface area contributed by atoms with Crippen LogP contribution in [0.3, 0.4) is 0 Å². The van der Waals surface area contributed by atoms with Crippen LogP contribution in [0.5, 0.6) is 5.75 Å². The van der Waals surface area contributed by atoms with Crippen LogP contribution < -0.4 is 14.8 Å². The average Bonchev–Trinajstić information content (AvgIpc) is 3.22. The van der Waals surface area contributed by atoms with Crippen molar-refractivity contribution < 1.29 is 22.3 Å². The van der Waals surface area contributed by atoms with Crippen LogP contribution in [0.4, 0.5) is 15.8 Å². The minimum atomic E-state index is -4.02. The molecule has 10 heteroatoms. The van der Waals surface area contributed by atoms with Gasteiger partial charge in [0.1, 0.15) is 16.4 Å². The molecule has 0 unspecified atom stereocenters. The normalized spacial score (nSPS) is 11.1. The zero-order chi connectivity index (χ0) is 24.3. The first-order valence-electron chi connectivity index (χ1n) is 10.1. The molecule has 0 bridgehead atoms. The summed E-state index contributed by atoms with van der Waals surface area (Å²) in [6.07, 6.45) is 0. The average molecular weight is 498 g/mol. The minimum Gasteiger partial charge on any atom is -0.495 e. The van der Waals surface area contributed by atoms with Gasteiger partial charge in [-0.25, -0.2) is 17.8 Å². The lowest BCUT2D eigenvalue weighted by atomic mass is 10.1. The number of benzene rings is 3. The Kier molecular flexibility index (Phi) is 6.62. The van der Waals surface area contributed by atoms with Crippen molar-refractivity contribution in [1.29, 1.82) is 0 Å². The lowest BCUT2D eigenvalue weighted by molar-refractivity contribution is 0.103. The van der Waals surface area contributed by atoms with Crippen LogP contribution in [0.15, 0.2) is 77.7 Å². The van der Waals surface area contributed by atoms with Crippen molar-refractivity contribution in [3.8, 4) is 17.0 Å². The molecule has 2 N–H and O–H groups in total. The van der Waals surface area contributed by atoms with Gasteiger partial charge in [0.15, 0.2) is 0 Å². The van der Waals surface area contributed by atoms with Crippen molar-refractivity contribution in [1.82, 2.24) is 4.98 Å². The Balaban J connectivity index is 1.62. The number of hydrogen-bond acceptors (Lipinski definition) is 6. The number of rotatable bonds is 7. The second-order valence-corrected chi connectivity index (χ2v) is 10.1. The Hall–Kier alpha value is -3.76. The first-order chi connectivity index (χ1) is 16.3. The third-order valence-corrected chi connectivity index (χ3v) is 7.16. The highest BCUT2D eigenvalue weighted by Gasteiger charge is 2.20. The van der Waals surface area contributed by atoms with Crippen molar-refractivity contribution in [2.75, 3.05) is 17.1 Å². The second kappa shape index (κ2) is 9.62. The summed E-state index contributed by atoms with van der Waals surface area (Å²) >= 11 is 1.27. The van der Waals surface area contributed by atoms with Gasteiger partial charge in [-0.3, -0.25) is 9.52 Å². The molecule has 1 amide bonds. The number of ether oxygens (including phenoxy) is 1. The van der Waals surface area contributed by atoms with E-state index < -0.39 is 15.8 Å². The molecule has 7 nitrogen and oxygen atoms in total. The van der Waals surface area contributed by atoms with Gasteiger partial charge in [-0.05, 0) is 49.4 Å². The molecule has 1 heterocycles. The first kappa shape index (κ1) is 23.4. The number of thiazole rings is 1. The van der Waals surface area contributed by atoms with Crippen molar-refractivity contribution in [2.45, 2.75) is 11.8 Å². The predicted octanol–water partition coefficient (Wildman–Crippen LogP) is 5.32. The zero-order valence-corrected chi connectivity index (χ0v) is 19.8. The molecule has 0 aliphatic carbocycles. The van der Waals surface area contributed by atoms with E-state index in [1.165, 1.54) is 30.6 Å². The molecule has 4 aromatic rings. The molecule has 174 valence electrons. The maximum absolute atomic E-state index is 13.2. The molecule has 1 aromatic heterocycles. The maximum Gasteiger partial charge on any atom is 0.268 e. The Bertz CT molecular complexity index is 1440. The van der Waals surface area contributed by atoms with Crippen LogP contribution >= 0.6 is 11.3 Å². The highest BCUT2D eigenvalue weighted by molar-refractivity contribution is 7.92. The van der Waals surface area contributed by atoms with E-state index in [4.69, 9.17) is 4.74 Å². The van der Waals surface area contributed by atoms with E-state index in [-0.39, 0.29) is 22.2 Å². The highest BCUT2D eigenvalue weighted by Crippen LogP contribution is 2.32. The van der Waals surface area contributed by atoms with Gasteiger partial charge in [0, 0.05) is 11.3 Å².